The minimum atomic E-state index is -1.40. The highest BCUT2D eigenvalue weighted by atomic mass is 32.2. The van der Waals surface area contributed by atoms with E-state index in [1.54, 1.807) is 30.3 Å². The summed E-state index contributed by atoms with van der Waals surface area (Å²) in [5.74, 6) is -0.0651. The highest BCUT2D eigenvalue weighted by molar-refractivity contribution is 8.00. The lowest BCUT2D eigenvalue weighted by Crippen LogP contribution is -2.44. The number of rotatable bonds is 8. The molecule has 0 saturated carbocycles. The number of pyridine rings is 2. The van der Waals surface area contributed by atoms with Crippen LogP contribution in [0.3, 0.4) is 0 Å². The molecule has 2 aliphatic heterocycles. The fourth-order valence-corrected chi connectivity index (χ4v) is 4.97. The Labute approximate surface area is 215 Å². The molecule has 3 atom stereocenters. The summed E-state index contributed by atoms with van der Waals surface area (Å²) in [5, 5.41) is 26.9. The number of anilines is 2. The van der Waals surface area contributed by atoms with Gasteiger partial charge in [-0.05, 0) is 24.3 Å². The largest absolute Gasteiger partial charge is 0.481 e. The molecule has 0 aliphatic carbocycles. The molecule has 2 aromatic heterocycles. The minimum absolute atomic E-state index is 0.00420. The quantitative estimate of drug-likeness (QED) is 0.340. The van der Waals surface area contributed by atoms with Gasteiger partial charge in [-0.1, -0.05) is 0 Å². The summed E-state index contributed by atoms with van der Waals surface area (Å²) in [4.78, 5) is 34.7. The molecule has 0 radical (unpaired) electrons. The van der Waals surface area contributed by atoms with Gasteiger partial charge in [-0.3, -0.25) is 14.7 Å². The monoisotopic (exact) mass is 529 g/mol. The van der Waals surface area contributed by atoms with Gasteiger partial charge in [-0.15, -0.1) is 11.8 Å². The van der Waals surface area contributed by atoms with Gasteiger partial charge in [0.05, 0.1) is 42.9 Å². The van der Waals surface area contributed by atoms with Crippen LogP contribution >= 0.6 is 11.8 Å². The Morgan fingerprint density at radius 1 is 1.32 bits per heavy atom. The van der Waals surface area contributed by atoms with Crippen LogP contribution in [0.5, 0.6) is 5.88 Å². The van der Waals surface area contributed by atoms with Gasteiger partial charge in [-0.2, -0.15) is 0 Å². The number of nitrogens with one attached hydrogen (secondary N) is 2. The summed E-state index contributed by atoms with van der Waals surface area (Å²) >= 11 is 1.40. The molecule has 13 heteroatoms. The molecular weight excluding hydrogens is 505 g/mol. The van der Waals surface area contributed by atoms with Crippen molar-refractivity contribution in [3.8, 4) is 5.88 Å². The second kappa shape index (κ2) is 10.5. The summed E-state index contributed by atoms with van der Waals surface area (Å²) < 4.78 is 24.9. The second-order valence-corrected chi connectivity index (χ2v) is 9.56. The van der Waals surface area contributed by atoms with Crippen LogP contribution in [0.25, 0.3) is 11.0 Å². The molecule has 11 nitrogen and oxygen atoms in total. The van der Waals surface area contributed by atoms with Gasteiger partial charge in [0.15, 0.2) is 6.10 Å². The summed E-state index contributed by atoms with van der Waals surface area (Å²) in [5.41, 5.74) is 2.14. The third kappa shape index (κ3) is 5.16. The maximum atomic E-state index is 14.5. The van der Waals surface area contributed by atoms with Crippen LogP contribution in [0.2, 0.25) is 0 Å². The number of cyclic esters (lactones) is 1. The lowest BCUT2D eigenvalue weighted by Gasteiger charge is -2.23. The number of carbonyl (C=O) groups excluding carboxylic acids is 2. The Kier molecular flexibility index (Phi) is 7.11. The number of ether oxygens (including phenoxy) is 2. The van der Waals surface area contributed by atoms with Crippen LogP contribution < -0.4 is 20.3 Å². The Morgan fingerprint density at radius 2 is 2.16 bits per heavy atom. The van der Waals surface area contributed by atoms with Gasteiger partial charge < -0.3 is 30.3 Å². The zero-order valence-electron chi connectivity index (χ0n) is 19.7. The molecular formula is C24H24FN5O6S. The number of hydrogen-bond donors (Lipinski definition) is 4. The van der Waals surface area contributed by atoms with Gasteiger partial charge in [0, 0.05) is 35.3 Å². The number of methoxy groups -OCH3 is 1. The van der Waals surface area contributed by atoms with E-state index in [9.17, 15) is 24.2 Å². The molecule has 1 fully saturated rings. The van der Waals surface area contributed by atoms with Crippen molar-refractivity contribution in [3.63, 3.8) is 0 Å². The number of nitrogens with zero attached hydrogens (tertiary/aromatic N) is 3. The highest BCUT2D eigenvalue weighted by Crippen LogP contribution is 2.35. The van der Waals surface area contributed by atoms with Crippen molar-refractivity contribution in [1.82, 2.24) is 15.3 Å². The van der Waals surface area contributed by atoms with Gasteiger partial charge in [0.25, 0.3) is 0 Å². The summed E-state index contributed by atoms with van der Waals surface area (Å²) in [6, 6.07) is 8.49. The number of thioether (sulfide) groups is 1. The number of aromatic nitrogens is 2. The van der Waals surface area contributed by atoms with E-state index in [1.165, 1.54) is 23.8 Å². The number of aliphatic hydroxyl groups excluding tert-OH is 2. The first-order valence-corrected chi connectivity index (χ1v) is 12.4. The van der Waals surface area contributed by atoms with E-state index < -0.39 is 30.2 Å². The van der Waals surface area contributed by atoms with E-state index in [-0.39, 0.29) is 31.1 Å². The Balaban J connectivity index is 1.21. The van der Waals surface area contributed by atoms with Gasteiger partial charge in [-0.25, -0.2) is 14.2 Å². The smallest absolute Gasteiger partial charge is 0.414 e. The maximum absolute atomic E-state index is 14.5. The summed E-state index contributed by atoms with van der Waals surface area (Å²) in [6.07, 6.45) is -3.28. The average Bonchev–Trinajstić information content (AvgIpc) is 3.29. The van der Waals surface area contributed by atoms with E-state index in [2.05, 4.69) is 20.6 Å². The first kappa shape index (κ1) is 25.1. The van der Waals surface area contributed by atoms with Gasteiger partial charge in [0.2, 0.25) is 11.8 Å². The Morgan fingerprint density at radius 3 is 2.97 bits per heavy atom. The van der Waals surface area contributed by atoms with Crippen molar-refractivity contribution in [2.45, 2.75) is 29.8 Å². The molecule has 0 bridgehead atoms. The van der Waals surface area contributed by atoms with Crippen molar-refractivity contribution in [1.29, 1.82) is 0 Å². The molecule has 194 valence electrons. The number of aliphatic hydroxyl groups is 2. The zero-order valence-corrected chi connectivity index (χ0v) is 20.5. The predicted molar refractivity (Wildman–Crippen MR) is 133 cm³/mol. The van der Waals surface area contributed by atoms with Crippen molar-refractivity contribution in [2.24, 2.45) is 0 Å². The number of hydrogen-bond acceptors (Lipinski definition) is 10. The number of carbonyl (C=O) groups is 2. The average molecular weight is 530 g/mol. The van der Waals surface area contributed by atoms with E-state index in [0.29, 0.717) is 34.0 Å². The molecule has 1 aromatic carbocycles. The van der Waals surface area contributed by atoms with Crippen LogP contribution in [0, 0.1) is 5.82 Å². The van der Waals surface area contributed by atoms with Crippen LogP contribution in [-0.2, 0) is 16.1 Å². The standard InChI is InChI=1S/C24H24FN5O6S/c1-35-21-5-3-15-22(29-21)13(14(25)8-27-15)7-26-9-17(31)23(33)18-10-30(24(34)36-18)12-2-4-19-16(6-12)28-20(32)11-37-19/h2-6,8,17-18,23,26,31,33H,7,9-11H2,1H3,(H,28,32)/t17-,18?,23+/m1/s1. The molecule has 4 heterocycles. The van der Waals surface area contributed by atoms with Crippen LogP contribution in [0.4, 0.5) is 20.6 Å². The Bertz CT molecular complexity index is 1360. The SMILES string of the molecule is COc1ccc2ncc(F)c(CNC[C@@H](O)[C@H](O)C3CN(c4ccc5c(c4)NC(=O)CS5)C(=O)O3)c2n1. The van der Waals surface area contributed by atoms with Crippen molar-refractivity contribution >= 4 is 46.2 Å². The van der Waals surface area contributed by atoms with E-state index >= 15 is 0 Å². The fraction of sp³-hybridized carbons (Fsp3) is 0.333. The van der Waals surface area contributed by atoms with Crippen molar-refractivity contribution in [2.75, 3.05) is 36.2 Å². The lowest BCUT2D eigenvalue weighted by molar-refractivity contribution is -0.113. The third-order valence-electron chi connectivity index (χ3n) is 6.12. The summed E-state index contributed by atoms with van der Waals surface area (Å²) in [6.45, 7) is -0.0982. The van der Waals surface area contributed by atoms with Crippen molar-refractivity contribution in [3.05, 3.63) is 47.9 Å². The molecule has 1 unspecified atom stereocenters. The van der Waals surface area contributed by atoms with E-state index in [4.69, 9.17) is 9.47 Å². The predicted octanol–water partition coefficient (Wildman–Crippen LogP) is 1.66. The normalized spacial score (nSPS) is 18.8. The van der Waals surface area contributed by atoms with Crippen LogP contribution in [0.1, 0.15) is 5.56 Å². The van der Waals surface area contributed by atoms with Gasteiger partial charge in [0.1, 0.15) is 17.4 Å². The maximum Gasteiger partial charge on any atom is 0.414 e. The third-order valence-corrected chi connectivity index (χ3v) is 7.20. The van der Waals surface area contributed by atoms with Gasteiger partial charge >= 0.3 is 6.09 Å². The minimum Gasteiger partial charge on any atom is -0.481 e. The molecule has 0 spiro atoms. The molecule has 3 aromatic rings. The Hall–Kier alpha value is -3.52. The van der Waals surface area contributed by atoms with E-state index in [1.807, 2.05) is 0 Å². The molecule has 37 heavy (non-hydrogen) atoms. The number of amides is 2. The molecule has 2 amide bonds. The number of halogens is 1. The van der Waals surface area contributed by atoms with Crippen molar-refractivity contribution < 1.29 is 33.7 Å². The molecule has 4 N–H and O–H groups in total. The second-order valence-electron chi connectivity index (χ2n) is 8.55. The van der Waals surface area contributed by atoms with E-state index in [0.717, 1.165) is 11.1 Å². The summed E-state index contributed by atoms with van der Waals surface area (Å²) in [7, 11) is 1.45. The highest BCUT2D eigenvalue weighted by Gasteiger charge is 2.39. The number of benzene rings is 1. The number of fused-ring (bicyclic) bond motifs is 2. The first-order chi connectivity index (χ1) is 17.8. The molecule has 2 aliphatic rings. The topological polar surface area (TPSA) is 146 Å². The fourth-order valence-electron chi connectivity index (χ4n) is 4.19. The van der Waals surface area contributed by atoms with Crippen LogP contribution in [0.15, 0.2) is 41.4 Å². The first-order valence-electron chi connectivity index (χ1n) is 11.4. The molecule has 1 saturated heterocycles. The molecule has 5 rings (SSSR count). The van der Waals surface area contributed by atoms with Crippen LogP contribution in [-0.4, -0.2) is 76.4 Å². The lowest BCUT2D eigenvalue weighted by atomic mass is 10.1. The zero-order chi connectivity index (χ0) is 26.1.